The number of aromatic carboxylic acids is 1. The fraction of sp³-hybridized carbons (Fsp3) is 0.0833. The van der Waals surface area contributed by atoms with Crippen LogP contribution in [-0.4, -0.2) is 16.2 Å². The fourth-order valence-electron chi connectivity index (χ4n) is 1.53. The number of hydrogen-bond donors (Lipinski definition) is 2. The van der Waals surface area contributed by atoms with Crippen molar-refractivity contribution < 1.29 is 46.0 Å². The molecule has 2 aromatic carbocycles. The molecule has 78 valence electrons. The predicted molar refractivity (Wildman–Crippen MR) is 57.9 cm³/mol. The van der Waals surface area contributed by atoms with E-state index in [4.69, 9.17) is 10.2 Å². The molecule has 3 nitrogen and oxygen atoms in total. The SMILES string of the molecule is O=C(O)c1ccc2cc(CO)ccc2c1.[H-].[Na+]. The molecule has 0 saturated carbocycles. The molecule has 0 atom stereocenters. The van der Waals surface area contributed by atoms with Crippen LogP contribution in [0.4, 0.5) is 0 Å². The second kappa shape index (κ2) is 5.46. The van der Waals surface area contributed by atoms with Gasteiger partial charge in [0.15, 0.2) is 0 Å². The van der Waals surface area contributed by atoms with Crippen LogP contribution in [-0.2, 0) is 6.61 Å². The number of benzene rings is 2. The van der Waals surface area contributed by atoms with Crippen molar-refractivity contribution in [2.45, 2.75) is 6.61 Å². The summed E-state index contributed by atoms with van der Waals surface area (Å²) >= 11 is 0. The number of aliphatic hydroxyl groups is 1. The standard InChI is InChI=1S/C12H10O3.Na.H/c13-7-8-1-2-10-6-11(12(14)15)4-3-9(10)5-8;;/h1-6,13H,7H2,(H,14,15);;/q;+1;-1. The van der Waals surface area contributed by atoms with E-state index in [1.54, 1.807) is 24.3 Å². The van der Waals surface area contributed by atoms with Gasteiger partial charge in [-0.3, -0.25) is 0 Å². The van der Waals surface area contributed by atoms with Crippen LogP contribution in [0.25, 0.3) is 10.8 Å². The van der Waals surface area contributed by atoms with Gasteiger partial charge < -0.3 is 11.6 Å². The van der Waals surface area contributed by atoms with Gasteiger partial charge in [-0.2, -0.15) is 0 Å². The van der Waals surface area contributed by atoms with E-state index >= 15 is 0 Å². The van der Waals surface area contributed by atoms with Gasteiger partial charge in [0.05, 0.1) is 12.2 Å². The largest absolute Gasteiger partial charge is 1.00 e. The number of hydrogen-bond acceptors (Lipinski definition) is 2. The van der Waals surface area contributed by atoms with Gasteiger partial charge in [-0.15, -0.1) is 0 Å². The van der Waals surface area contributed by atoms with Crippen molar-refractivity contribution in [3.63, 3.8) is 0 Å². The third-order valence-electron chi connectivity index (χ3n) is 2.33. The normalized spacial score (nSPS) is 9.81. The first-order valence-electron chi connectivity index (χ1n) is 4.57. The van der Waals surface area contributed by atoms with Crippen molar-refractivity contribution in [2.24, 2.45) is 0 Å². The topological polar surface area (TPSA) is 57.5 Å². The minimum atomic E-state index is -0.928. The molecule has 4 heteroatoms. The molecule has 0 bridgehead atoms. The van der Waals surface area contributed by atoms with Crippen LogP contribution in [0.5, 0.6) is 0 Å². The molecule has 0 aliphatic heterocycles. The number of fused-ring (bicyclic) bond motifs is 1. The molecule has 2 rings (SSSR count). The summed E-state index contributed by atoms with van der Waals surface area (Å²) in [6.45, 7) is -0.00335. The Bertz CT molecular complexity index is 528. The first-order chi connectivity index (χ1) is 7.20. The van der Waals surface area contributed by atoms with Crippen molar-refractivity contribution in [3.8, 4) is 0 Å². The molecular formula is C12H11NaO3. The van der Waals surface area contributed by atoms with E-state index in [-0.39, 0.29) is 43.2 Å². The average molecular weight is 226 g/mol. The van der Waals surface area contributed by atoms with E-state index in [0.717, 1.165) is 16.3 Å². The predicted octanol–water partition coefficient (Wildman–Crippen LogP) is -0.853. The smallest absolute Gasteiger partial charge is 1.00 e. The quantitative estimate of drug-likeness (QED) is 0.656. The van der Waals surface area contributed by atoms with Crippen LogP contribution in [0, 0.1) is 0 Å². The summed E-state index contributed by atoms with van der Waals surface area (Å²) in [4.78, 5) is 10.7. The molecule has 0 radical (unpaired) electrons. The molecule has 0 aliphatic rings. The van der Waals surface area contributed by atoms with Gasteiger partial charge >= 0.3 is 35.5 Å². The van der Waals surface area contributed by atoms with Crippen LogP contribution in [0.2, 0.25) is 0 Å². The van der Waals surface area contributed by atoms with E-state index < -0.39 is 5.97 Å². The molecule has 2 N–H and O–H groups in total. The van der Waals surface area contributed by atoms with Crippen molar-refractivity contribution in [1.82, 2.24) is 0 Å². The Hall–Kier alpha value is -0.870. The van der Waals surface area contributed by atoms with Gasteiger partial charge in [-0.25, -0.2) is 4.79 Å². The monoisotopic (exact) mass is 226 g/mol. The first kappa shape index (κ1) is 13.2. The average Bonchev–Trinajstić information content (AvgIpc) is 2.27. The molecular weight excluding hydrogens is 215 g/mol. The van der Waals surface area contributed by atoms with Crippen molar-refractivity contribution in [1.29, 1.82) is 0 Å². The van der Waals surface area contributed by atoms with Gasteiger partial charge in [0.25, 0.3) is 0 Å². The van der Waals surface area contributed by atoms with Gasteiger partial charge in [-0.05, 0) is 34.5 Å². The summed E-state index contributed by atoms with van der Waals surface area (Å²) in [5, 5.41) is 19.6. The summed E-state index contributed by atoms with van der Waals surface area (Å²) in [5.41, 5.74) is 1.10. The molecule has 0 aromatic heterocycles. The Kier molecular flexibility index (Phi) is 4.50. The molecule has 16 heavy (non-hydrogen) atoms. The Labute approximate surface area is 116 Å². The Balaban J connectivity index is 0.00000128. The van der Waals surface area contributed by atoms with Crippen LogP contribution in [0.1, 0.15) is 17.3 Å². The number of carbonyl (C=O) groups is 1. The fourth-order valence-corrected chi connectivity index (χ4v) is 1.53. The van der Waals surface area contributed by atoms with E-state index in [1.165, 1.54) is 0 Å². The maximum atomic E-state index is 10.7. The zero-order valence-corrected chi connectivity index (χ0v) is 11.0. The van der Waals surface area contributed by atoms with Crippen molar-refractivity contribution >= 4 is 16.7 Å². The van der Waals surface area contributed by atoms with Crippen molar-refractivity contribution in [2.75, 3.05) is 0 Å². The summed E-state index contributed by atoms with van der Waals surface area (Å²) in [6, 6.07) is 10.4. The summed E-state index contributed by atoms with van der Waals surface area (Å²) in [5.74, 6) is -0.928. The Morgan fingerprint density at radius 1 is 1.12 bits per heavy atom. The van der Waals surface area contributed by atoms with Crippen LogP contribution >= 0.6 is 0 Å². The number of carboxylic acid groups (broad SMARTS) is 1. The molecule has 0 aliphatic carbocycles. The maximum absolute atomic E-state index is 10.7. The van der Waals surface area contributed by atoms with Crippen molar-refractivity contribution in [3.05, 3.63) is 47.5 Å². The van der Waals surface area contributed by atoms with E-state index in [0.29, 0.717) is 0 Å². The number of rotatable bonds is 2. The minimum Gasteiger partial charge on any atom is -1.00 e. The summed E-state index contributed by atoms with van der Waals surface area (Å²) < 4.78 is 0. The maximum Gasteiger partial charge on any atom is 1.00 e. The van der Waals surface area contributed by atoms with Gasteiger partial charge in [0.2, 0.25) is 0 Å². The summed E-state index contributed by atoms with van der Waals surface area (Å²) in [6.07, 6.45) is 0. The third kappa shape index (κ3) is 2.62. The van der Waals surface area contributed by atoms with Gasteiger partial charge in [0, 0.05) is 0 Å². The number of carboxylic acids is 1. The molecule has 0 heterocycles. The Morgan fingerprint density at radius 2 is 1.75 bits per heavy atom. The molecule has 0 spiro atoms. The minimum absolute atomic E-state index is 0. The second-order valence-electron chi connectivity index (χ2n) is 3.36. The third-order valence-corrected chi connectivity index (χ3v) is 2.33. The zero-order chi connectivity index (χ0) is 10.8. The number of aliphatic hydroxyl groups excluding tert-OH is 1. The van der Waals surface area contributed by atoms with E-state index in [9.17, 15) is 4.79 Å². The van der Waals surface area contributed by atoms with E-state index in [1.807, 2.05) is 12.1 Å². The molecule has 0 amide bonds. The van der Waals surface area contributed by atoms with Crippen LogP contribution < -0.4 is 29.6 Å². The first-order valence-corrected chi connectivity index (χ1v) is 4.57. The van der Waals surface area contributed by atoms with E-state index in [2.05, 4.69) is 0 Å². The molecule has 2 aromatic rings. The molecule has 0 saturated heterocycles. The molecule has 0 fully saturated rings. The zero-order valence-electron chi connectivity index (χ0n) is 9.97. The van der Waals surface area contributed by atoms with Gasteiger partial charge in [-0.1, -0.05) is 18.2 Å². The molecule has 0 unspecified atom stereocenters. The summed E-state index contributed by atoms with van der Waals surface area (Å²) in [7, 11) is 0. The van der Waals surface area contributed by atoms with Crippen LogP contribution in [0.3, 0.4) is 0 Å². The van der Waals surface area contributed by atoms with Gasteiger partial charge in [0.1, 0.15) is 0 Å². The van der Waals surface area contributed by atoms with Crippen LogP contribution in [0.15, 0.2) is 36.4 Å². The Morgan fingerprint density at radius 3 is 2.38 bits per heavy atom. The second-order valence-corrected chi connectivity index (χ2v) is 3.36.